The highest BCUT2D eigenvalue weighted by atomic mass is 16.3. The summed E-state index contributed by atoms with van der Waals surface area (Å²) in [7, 11) is 0. The molecule has 12 rings (SSSR count). The van der Waals surface area contributed by atoms with Gasteiger partial charge in [-0.2, -0.15) is 0 Å². The third kappa shape index (κ3) is 5.65. The van der Waals surface area contributed by atoms with Crippen LogP contribution in [-0.4, -0.2) is 24.5 Å². The molecule has 60 heavy (non-hydrogen) atoms. The van der Waals surface area contributed by atoms with Gasteiger partial charge in [-0.3, -0.25) is 0 Å². The highest BCUT2D eigenvalue weighted by Crippen LogP contribution is 2.38. The number of pyridine rings is 1. The third-order valence-electron chi connectivity index (χ3n) is 11.5. The predicted molar refractivity (Wildman–Crippen MR) is 244 cm³/mol. The number of hydrogen-bond acceptors (Lipinski definition) is 5. The van der Waals surface area contributed by atoms with Crippen LogP contribution >= 0.6 is 0 Å². The van der Waals surface area contributed by atoms with Crippen LogP contribution in [0.25, 0.3) is 117 Å². The molecule has 280 valence electrons. The molecular formula is C54H33N5O. The van der Waals surface area contributed by atoms with Crippen LogP contribution in [0.4, 0.5) is 0 Å². The minimum Gasteiger partial charge on any atom is -0.438 e. The van der Waals surface area contributed by atoms with Gasteiger partial charge in [-0.05, 0) is 93.7 Å². The van der Waals surface area contributed by atoms with E-state index in [9.17, 15) is 0 Å². The van der Waals surface area contributed by atoms with Crippen molar-refractivity contribution in [2.45, 2.75) is 0 Å². The summed E-state index contributed by atoms with van der Waals surface area (Å²) in [6, 6.07) is 67.9. The van der Waals surface area contributed by atoms with Crippen molar-refractivity contribution in [2.75, 3.05) is 0 Å². The van der Waals surface area contributed by atoms with Crippen LogP contribution < -0.4 is 0 Å². The van der Waals surface area contributed by atoms with Gasteiger partial charge >= 0.3 is 0 Å². The quantitative estimate of drug-likeness (QED) is 0.168. The fourth-order valence-electron chi connectivity index (χ4n) is 8.61. The summed E-state index contributed by atoms with van der Waals surface area (Å²) < 4.78 is 8.42. The van der Waals surface area contributed by atoms with E-state index < -0.39 is 0 Å². The van der Waals surface area contributed by atoms with Gasteiger partial charge in [0.15, 0.2) is 17.5 Å². The van der Waals surface area contributed by atoms with Gasteiger partial charge in [0, 0.05) is 50.1 Å². The molecule has 6 heteroatoms. The highest BCUT2D eigenvalue weighted by Gasteiger charge is 2.17. The lowest BCUT2D eigenvalue weighted by atomic mass is 10.0. The van der Waals surface area contributed by atoms with Crippen molar-refractivity contribution in [1.82, 2.24) is 24.5 Å². The number of benzene rings is 8. The molecule has 0 saturated carbocycles. The van der Waals surface area contributed by atoms with Crippen LogP contribution in [0.3, 0.4) is 0 Å². The third-order valence-corrected chi connectivity index (χ3v) is 11.5. The van der Waals surface area contributed by atoms with Gasteiger partial charge in [-0.1, -0.05) is 133 Å². The smallest absolute Gasteiger partial charge is 0.227 e. The van der Waals surface area contributed by atoms with Crippen molar-refractivity contribution in [2.24, 2.45) is 0 Å². The SMILES string of the molecule is c1ccc(-c2ccc(-c3nc(-c4cccc(-c5ccc(-n6c7ccccc7c7c8ccccc8ccc76)cc5)c4)nc(-c4ccc5oc6ncccc6c5c4)n3)cc2)cc1. The lowest BCUT2D eigenvalue weighted by Crippen LogP contribution is -2.00. The first kappa shape index (κ1) is 33.9. The zero-order valence-electron chi connectivity index (χ0n) is 32.2. The molecule has 0 aliphatic heterocycles. The van der Waals surface area contributed by atoms with E-state index in [0.717, 1.165) is 61.0 Å². The van der Waals surface area contributed by atoms with E-state index in [0.29, 0.717) is 23.2 Å². The summed E-state index contributed by atoms with van der Waals surface area (Å²) in [6.45, 7) is 0. The van der Waals surface area contributed by atoms with Gasteiger partial charge in [0.05, 0.1) is 11.0 Å². The molecule has 0 atom stereocenters. The zero-order valence-corrected chi connectivity index (χ0v) is 32.2. The minimum absolute atomic E-state index is 0.580. The van der Waals surface area contributed by atoms with Gasteiger partial charge in [-0.25, -0.2) is 19.9 Å². The Morgan fingerprint density at radius 1 is 0.367 bits per heavy atom. The standard InChI is InChI=1S/C54H33N5O/c1-2-10-34(11-3-1)35-19-21-38(22-20-35)51-56-52(58-53(57-51)41-26-30-49-46(33-41)44-17-9-31-55-54(44)60-49)40-14-8-13-39(32-40)36-23-27-42(28-24-36)59-47-18-7-6-16-45(47)50-43-15-5-4-12-37(43)25-29-48(50)59/h1-33H. The Kier molecular flexibility index (Phi) is 7.74. The maximum Gasteiger partial charge on any atom is 0.227 e. The van der Waals surface area contributed by atoms with Crippen LogP contribution in [0, 0.1) is 0 Å². The lowest BCUT2D eigenvalue weighted by Gasteiger charge is -2.11. The molecule has 0 aliphatic carbocycles. The van der Waals surface area contributed by atoms with E-state index in [1.807, 2.05) is 30.3 Å². The predicted octanol–water partition coefficient (Wildman–Crippen LogP) is 13.8. The summed E-state index contributed by atoms with van der Waals surface area (Å²) in [4.78, 5) is 19.7. The van der Waals surface area contributed by atoms with E-state index in [4.69, 9.17) is 19.4 Å². The second kappa shape index (κ2) is 13.7. The molecule has 8 aromatic carbocycles. The van der Waals surface area contributed by atoms with E-state index in [1.165, 1.54) is 32.6 Å². The fraction of sp³-hybridized carbons (Fsp3) is 0. The number of rotatable bonds is 6. The molecule has 0 bridgehead atoms. The van der Waals surface area contributed by atoms with E-state index in [1.54, 1.807) is 6.20 Å². The zero-order chi connectivity index (χ0) is 39.6. The number of aromatic nitrogens is 5. The number of hydrogen-bond donors (Lipinski definition) is 0. The van der Waals surface area contributed by atoms with Crippen LogP contribution in [0.5, 0.6) is 0 Å². The summed E-state index contributed by atoms with van der Waals surface area (Å²) >= 11 is 0. The minimum atomic E-state index is 0.580. The van der Waals surface area contributed by atoms with Crippen LogP contribution in [0.15, 0.2) is 205 Å². The molecule has 0 unspecified atom stereocenters. The molecule has 12 aromatic rings. The summed E-state index contributed by atoms with van der Waals surface area (Å²) in [5.41, 5.74) is 12.0. The van der Waals surface area contributed by atoms with Crippen molar-refractivity contribution in [1.29, 1.82) is 0 Å². The van der Waals surface area contributed by atoms with Crippen molar-refractivity contribution in [3.8, 4) is 62.1 Å². The average molecular weight is 768 g/mol. The summed E-state index contributed by atoms with van der Waals surface area (Å²) in [6.07, 6.45) is 1.74. The fourth-order valence-corrected chi connectivity index (χ4v) is 8.61. The number of para-hydroxylation sites is 1. The summed E-state index contributed by atoms with van der Waals surface area (Å²) in [5, 5.41) is 6.95. The number of nitrogens with zero attached hydrogens (tertiary/aromatic N) is 5. The Morgan fingerprint density at radius 3 is 1.80 bits per heavy atom. The summed E-state index contributed by atoms with van der Waals surface area (Å²) in [5.74, 6) is 1.77. The molecule has 0 radical (unpaired) electrons. The first-order chi connectivity index (χ1) is 29.7. The lowest BCUT2D eigenvalue weighted by molar-refractivity contribution is 0.654. The van der Waals surface area contributed by atoms with Crippen molar-refractivity contribution in [3.63, 3.8) is 0 Å². The maximum atomic E-state index is 6.05. The maximum absolute atomic E-state index is 6.05. The van der Waals surface area contributed by atoms with Crippen molar-refractivity contribution in [3.05, 3.63) is 200 Å². The largest absolute Gasteiger partial charge is 0.438 e. The number of fused-ring (bicyclic) bond motifs is 8. The van der Waals surface area contributed by atoms with Crippen LogP contribution in [0.1, 0.15) is 0 Å². The molecule has 0 saturated heterocycles. The topological polar surface area (TPSA) is 69.6 Å². The van der Waals surface area contributed by atoms with Gasteiger partial charge in [0.2, 0.25) is 5.71 Å². The molecule has 0 spiro atoms. The van der Waals surface area contributed by atoms with Gasteiger partial charge in [0.1, 0.15) is 5.58 Å². The molecule has 4 heterocycles. The molecule has 0 N–H and O–H groups in total. The van der Waals surface area contributed by atoms with Gasteiger partial charge in [-0.15, -0.1) is 0 Å². The Morgan fingerprint density at radius 2 is 0.967 bits per heavy atom. The first-order valence-corrected chi connectivity index (χ1v) is 20.0. The highest BCUT2D eigenvalue weighted by molar-refractivity contribution is 6.21. The van der Waals surface area contributed by atoms with E-state index in [2.05, 4.69) is 173 Å². The molecule has 0 fully saturated rings. The van der Waals surface area contributed by atoms with E-state index >= 15 is 0 Å². The average Bonchev–Trinajstić information content (AvgIpc) is 3.88. The Balaban J connectivity index is 0.952. The number of furan rings is 1. The normalized spacial score (nSPS) is 11.7. The molecule has 0 amide bonds. The van der Waals surface area contributed by atoms with Gasteiger partial charge in [0.25, 0.3) is 0 Å². The first-order valence-electron chi connectivity index (χ1n) is 20.0. The Bertz CT molecular complexity index is 3590. The molecule has 0 aliphatic rings. The van der Waals surface area contributed by atoms with Crippen molar-refractivity contribution < 1.29 is 4.42 Å². The van der Waals surface area contributed by atoms with Crippen molar-refractivity contribution >= 4 is 54.6 Å². The Labute approximate surface area is 344 Å². The van der Waals surface area contributed by atoms with E-state index in [-0.39, 0.29) is 0 Å². The Hall–Kier alpha value is -8.22. The molecular weight excluding hydrogens is 735 g/mol. The second-order valence-electron chi connectivity index (χ2n) is 15.1. The molecule has 6 nitrogen and oxygen atoms in total. The molecule has 4 aromatic heterocycles. The monoisotopic (exact) mass is 767 g/mol. The van der Waals surface area contributed by atoms with Crippen LogP contribution in [-0.2, 0) is 0 Å². The second-order valence-corrected chi connectivity index (χ2v) is 15.1. The van der Waals surface area contributed by atoms with Gasteiger partial charge < -0.3 is 8.98 Å². The van der Waals surface area contributed by atoms with Crippen LogP contribution in [0.2, 0.25) is 0 Å².